The first kappa shape index (κ1) is 15.1. The highest BCUT2D eigenvalue weighted by molar-refractivity contribution is 7.18. The highest BCUT2D eigenvalue weighted by Gasteiger charge is 2.06. The summed E-state index contributed by atoms with van der Waals surface area (Å²) in [6.45, 7) is 10.7. The second-order valence-corrected chi connectivity index (χ2v) is 6.18. The lowest BCUT2D eigenvalue weighted by Gasteiger charge is -2.18. The van der Waals surface area contributed by atoms with Gasteiger partial charge in [0, 0.05) is 6.54 Å². The van der Waals surface area contributed by atoms with Gasteiger partial charge in [0.15, 0.2) is 0 Å². The molecule has 0 aliphatic carbocycles. The number of anilines is 2. The van der Waals surface area contributed by atoms with Gasteiger partial charge in [-0.2, -0.15) is 0 Å². The molecule has 0 atom stereocenters. The Balaban J connectivity index is 1.94. The third-order valence-corrected chi connectivity index (χ3v) is 4.46. The first-order valence-corrected chi connectivity index (χ1v) is 8.08. The van der Waals surface area contributed by atoms with Gasteiger partial charge in [-0.05, 0) is 45.1 Å². The van der Waals surface area contributed by atoms with Gasteiger partial charge in [-0.3, -0.25) is 0 Å². The Morgan fingerprint density at radius 1 is 1.30 bits per heavy atom. The van der Waals surface area contributed by atoms with Crippen LogP contribution in [0.4, 0.5) is 11.4 Å². The third kappa shape index (κ3) is 3.61. The molecule has 1 heterocycles. The van der Waals surface area contributed by atoms with Crippen LogP contribution in [0.25, 0.3) is 10.2 Å². The Labute approximate surface area is 125 Å². The van der Waals surface area contributed by atoms with E-state index in [1.165, 1.54) is 0 Å². The van der Waals surface area contributed by atoms with Crippen LogP contribution in [0.15, 0.2) is 12.1 Å². The van der Waals surface area contributed by atoms with E-state index < -0.39 is 0 Å². The van der Waals surface area contributed by atoms with Crippen molar-refractivity contribution < 1.29 is 0 Å². The molecule has 0 aliphatic heterocycles. The number of hydrogen-bond acceptors (Lipinski definition) is 5. The Morgan fingerprint density at radius 3 is 2.75 bits per heavy atom. The summed E-state index contributed by atoms with van der Waals surface area (Å²) in [5.74, 6) is 0. The van der Waals surface area contributed by atoms with Crippen molar-refractivity contribution in [1.29, 1.82) is 0 Å². The summed E-state index contributed by atoms with van der Waals surface area (Å²) in [7, 11) is 0. The summed E-state index contributed by atoms with van der Waals surface area (Å²) in [5, 5.41) is 4.51. The molecule has 20 heavy (non-hydrogen) atoms. The van der Waals surface area contributed by atoms with Gasteiger partial charge in [-0.25, -0.2) is 4.98 Å². The summed E-state index contributed by atoms with van der Waals surface area (Å²) in [5.41, 5.74) is 8.94. The van der Waals surface area contributed by atoms with Crippen LogP contribution in [-0.2, 0) is 0 Å². The molecule has 0 bridgehead atoms. The molecule has 0 saturated carbocycles. The van der Waals surface area contributed by atoms with E-state index in [0.29, 0.717) is 0 Å². The fourth-order valence-corrected chi connectivity index (χ4v) is 3.18. The number of benzene rings is 1. The topological polar surface area (TPSA) is 54.2 Å². The van der Waals surface area contributed by atoms with Gasteiger partial charge >= 0.3 is 0 Å². The molecular formula is C15H24N4S. The number of rotatable bonds is 7. The van der Waals surface area contributed by atoms with Crippen LogP contribution < -0.4 is 11.1 Å². The summed E-state index contributed by atoms with van der Waals surface area (Å²) in [6, 6.07) is 4.08. The zero-order valence-corrected chi connectivity index (χ0v) is 13.4. The standard InChI is InChI=1S/C15H24N4S/c1-4-19(5-2)8-6-7-17-13-10-14-15(9-12(13)16)20-11(3)18-14/h9-10,17H,4-8,16H2,1-3H3. The molecule has 0 aliphatic rings. The Kier molecular flexibility index (Phi) is 5.20. The fourth-order valence-electron chi connectivity index (χ4n) is 2.32. The van der Waals surface area contributed by atoms with Crippen LogP contribution in [0, 0.1) is 6.92 Å². The fraction of sp³-hybridized carbons (Fsp3) is 0.533. The summed E-state index contributed by atoms with van der Waals surface area (Å²) in [6.07, 6.45) is 1.12. The van der Waals surface area contributed by atoms with Crippen LogP contribution in [0.5, 0.6) is 0 Å². The number of nitrogens with zero attached hydrogens (tertiary/aromatic N) is 2. The van der Waals surface area contributed by atoms with E-state index in [9.17, 15) is 0 Å². The summed E-state index contributed by atoms with van der Waals surface area (Å²) in [4.78, 5) is 6.94. The molecule has 1 aromatic carbocycles. The summed E-state index contributed by atoms with van der Waals surface area (Å²) < 4.78 is 1.16. The second-order valence-electron chi connectivity index (χ2n) is 4.95. The van der Waals surface area contributed by atoms with Crippen molar-refractivity contribution in [3.63, 3.8) is 0 Å². The maximum Gasteiger partial charge on any atom is 0.0907 e. The first-order chi connectivity index (χ1) is 9.63. The molecule has 3 N–H and O–H groups in total. The number of fused-ring (bicyclic) bond motifs is 1. The lowest BCUT2D eigenvalue weighted by atomic mass is 10.2. The number of aromatic nitrogens is 1. The van der Waals surface area contributed by atoms with E-state index in [0.717, 1.165) is 59.2 Å². The minimum Gasteiger partial charge on any atom is -0.397 e. The van der Waals surface area contributed by atoms with Gasteiger partial charge in [0.25, 0.3) is 0 Å². The molecule has 0 radical (unpaired) electrons. The molecule has 110 valence electrons. The number of thiazole rings is 1. The number of nitrogens with two attached hydrogens (primary N) is 1. The Morgan fingerprint density at radius 2 is 2.05 bits per heavy atom. The smallest absolute Gasteiger partial charge is 0.0907 e. The largest absolute Gasteiger partial charge is 0.397 e. The van der Waals surface area contributed by atoms with Crippen molar-refractivity contribution in [2.45, 2.75) is 27.2 Å². The van der Waals surface area contributed by atoms with Crippen molar-refractivity contribution >= 4 is 32.9 Å². The molecule has 2 aromatic rings. The maximum absolute atomic E-state index is 6.10. The van der Waals surface area contributed by atoms with Gasteiger partial charge in [-0.15, -0.1) is 11.3 Å². The summed E-state index contributed by atoms with van der Waals surface area (Å²) >= 11 is 1.69. The SMILES string of the molecule is CCN(CC)CCCNc1cc2nc(C)sc2cc1N. The minimum absolute atomic E-state index is 0.809. The first-order valence-electron chi connectivity index (χ1n) is 7.27. The van der Waals surface area contributed by atoms with Gasteiger partial charge in [-0.1, -0.05) is 13.8 Å². The van der Waals surface area contributed by atoms with E-state index in [1.54, 1.807) is 11.3 Å². The quantitative estimate of drug-likeness (QED) is 0.607. The number of hydrogen-bond donors (Lipinski definition) is 2. The lowest BCUT2D eigenvalue weighted by Crippen LogP contribution is -2.25. The predicted molar refractivity (Wildman–Crippen MR) is 89.7 cm³/mol. The van der Waals surface area contributed by atoms with Crippen LogP contribution in [0.2, 0.25) is 0 Å². The second kappa shape index (κ2) is 6.90. The Hall–Kier alpha value is -1.33. The van der Waals surface area contributed by atoms with Gasteiger partial charge in [0.05, 0.1) is 26.6 Å². The van der Waals surface area contributed by atoms with Crippen LogP contribution in [0.1, 0.15) is 25.3 Å². The van der Waals surface area contributed by atoms with Crippen molar-refractivity contribution in [3.05, 3.63) is 17.1 Å². The van der Waals surface area contributed by atoms with Crippen molar-refractivity contribution in [2.24, 2.45) is 0 Å². The molecule has 1 aromatic heterocycles. The minimum atomic E-state index is 0.809. The van der Waals surface area contributed by atoms with Crippen molar-refractivity contribution in [3.8, 4) is 0 Å². The van der Waals surface area contributed by atoms with Gasteiger partial charge in [0.1, 0.15) is 0 Å². The average molecular weight is 292 g/mol. The van der Waals surface area contributed by atoms with Crippen molar-refractivity contribution in [2.75, 3.05) is 37.2 Å². The van der Waals surface area contributed by atoms with E-state index in [2.05, 4.69) is 35.1 Å². The average Bonchev–Trinajstić information content (AvgIpc) is 2.78. The molecule has 5 heteroatoms. The third-order valence-electron chi connectivity index (χ3n) is 3.53. The van der Waals surface area contributed by atoms with Crippen LogP contribution in [0.3, 0.4) is 0 Å². The molecule has 0 amide bonds. The van der Waals surface area contributed by atoms with Crippen molar-refractivity contribution in [1.82, 2.24) is 9.88 Å². The normalized spacial score (nSPS) is 11.4. The monoisotopic (exact) mass is 292 g/mol. The van der Waals surface area contributed by atoms with Gasteiger partial charge < -0.3 is 16.0 Å². The molecule has 4 nitrogen and oxygen atoms in total. The van der Waals surface area contributed by atoms with Crippen LogP contribution >= 0.6 is 11.3 Å². The zero-order valence-electron chi connectivity index (χ0n) is 12.6. The molecule has 2 rings (SSSR count). The number of nitrogen functional groups attached to an aromatic ring is 1. The maximum atomic E-state index is 6.10. The molecular weight excluding hydrogens is 268 g/mol. The highest BCUT2D eigenvalue weighted by atomic mass is 32.1. The van der Waals surface area contributed by atoms with Crippen LogP contribution in [-0.4, -0.2) is 36.1 Å². The number of aryl methyl sites for hydroxylation is 1. The highest BCUT2D eigenvalue weighted by Crippen LogP contribution is 2.29. The lowest BCUT2D eigenvalue weighted by molar-refractivity contribution is 0.303. The zero-order chi connectivity index (χ0) is 14.5. The van der Waals surface area contributed by atoms with E-state index in [1.807, 2.05) is 13.0 Å². The van der Waals surface area contributed by atoms with E-state index >= 15 is 0 Å². The molecule has 0 spiro atoms. The predicted octanol–water partition coefficient (Wildman–Crippen LogP) is 3.33. The molecule has 0 fully saturated rings. The number of nitrogens with one attached hydrogen (secondary N) is 1. The molecule has 0 saturated heterocycles. The molecule has 0 unspecified atom stereocenters. The van der Waals surface area contributed by atoms with Gasteiger partial charge in [0.2, 0.25) is 0 Å². The van der Waals surface area contributed by atoms with E-state index in [-0.39, 0.29) is 0 Å². The van der Waals surface area contributed by atoms with E-state index in [4.69, 9.17) is 5.73 Å². The Bertz CT molecular complexity index is 560.